The second-order valence-corrected chi connectivity index (χ2v) is 4.68. The summed E-state index contributed by atoms with van der Waals surface area (Å²) in [5.74, 6) is 0. The lowest BCUT2D eigenvalue weighted by Gasteiger charge is -2.05. The first-order valence-corrected chi connectivity index (χ1v) is 6.42. The number of hydrogen-bond acceptors (Lipinski definition) is 1. The third-order valence-corrected chi connectivity index (χ3v) is 3.12. The average Bonchev–Trinajstić information content (AvgIpc) is 2.67. The third kappa shape index (κ3) is 2.66. The van der Waals surface area contributed by atoms with Gasteiger partial charge in [-0.05, 0) is 37.6 Å². The summed E-state index contributed by atoms with van der Waals surface area (Å²) in [6, 6.07) is 8.54. The predicted molar refractivity (Wildman–Crippen MR) is 70.7 cm³/mol. The lowest BCUT2D eigenvalue weighted by atomic mass is 10.2. The molecule has 2 nitrogen and oxygen atoms in total. The van der Waals surface area contributed by atoms with Gasteiger partial charge in [0.25, 0.3) is 0 Å². The number of rotatable bonds is 5. The molecule has 1 heterocycles. The van der Waals surface area contributed by atoms with Gasteiger partial charge in [-0.2, -0.15) is 0 Å². The maximum Gasteiger partial charge on any atom is 0.0482 e. The highest BCUT2D eigenvalue weighted by molar-refractivity contribution is 9.10. The van der Waals surface area contributed by atoms with Crippen molar-refractivity contribution in [2.75, 3.05) is 13.2 Å². The standard InChI is InChI=1S/C13H16BrNO/c1-2-16-9-3-7-15-8-6-11-10-12(14)4-5-13(11)15/h4-6,8,10H,2-3,7,9H2,1H3. The summed E-state index contributed by atoms with van der Waals surface area (Å²) in [6.07, 6.45) is 3.21. The molecule has 0 saturated heterocycles. The highest BCUT2D eigenvalue weighted by Gasteiger charge is 2.00. The summed E-state index contributed by atoms with van der Waals surface area (Å²) in [6.45, 7) is 4.69. The van der Waals surface area contributed by atoms with Crippen molar-refractivity contribution >= 4 is 26.8 Å². The first kappa shape index (κ1) is 11.7. The fraction of sp³-hybridized carbons (Fsp3) is 0.385. The van der Waals surface area contributed by atoms with Crippen LogP contribution in [0.15, 0.2) is 34.9 Å². The van der Waals surface area contributed by atoms with E-state index in [0.717, 1.165) is 30.7 Å². The summed E-state index contributed by atoms with van der Waals surface area (Å²) in [5, 5.41) is 1.28. The van der Waals surface area contributed by atoms with Crippen LogP contribution in [0.2, 0.25) is 0 Å². The molecule has 2 aromatic rings. The fourth-order valence-electron chi connectivity index (χ4n) is 1.85. The van der Waals surface area contributed by atoms with Gasteiger partial charge in [-0.3, -0.25) is 0 Å². The molecule has 2 rings (SSSR count). The Morgan fingerprint density at radius 1 is 1.31 bits per heavy atom. The molecule has 0 spiro atoms. The molecule has 0 bridgehead atoms. The minimum atomic E-state index is 0.805. The van der Waals surface area contributed by atoms with Gasteiger partial charge in [0.1, 0.15) is 0 Å². The van der Waals surface area contributed by atoms with Crippen molar-refractivity contribution in [1.29, 1.82) is 0 Å². The van der Waals surface area contributed by atoms with Crippen molar-refractivity contribution in [1.82, 2.24) is 4.57 Å². The minimum Gasteiger partial charge on any atom is -0.382 e. The summed E-state index contributed by atoms with van der Waals surface area (Å²) in [4.78, 5) is 0. The van der Waals surface area contributed by atoms with Gasteiger partial charge >= 0.3 is 0 Å². The second kappa shape index (κ2) is 5.51. The van der Waals surface area contributed by atoms with E-state index in [1.165, 1.54) is 10.9 Å². The van der Waals surface area contributed by atoms with Gasteiger partial charge in [-0.1, -0.05) is 15.9 Å². The van der Waals surface area contributed by atoms with Gasteiger partial charge in [0.2, 0.25) is 0 Å². The zero-order valence-electron chi connectivity index (χ0n) is 9.45. The lowest BCUT2D eigenvalue weighted by molar-refractivity contribution is 0.142. The van der Waals surface area contributed by atoms with E-state index in [1.54, 1.807) is 0 Å². The molecule has 0 amide bonds. The van der Waals surface area contributed by atoms with E-state index >= 15 is 0 Å². The SMILES string of the molecule is CCOCCCn1ccc2cc(Br)ccc21. The molecular formula is C13H16BrNO. The number of nitrogens with zero attached hydrogens (tertiary/aromatic N) is 1. The highest BCUT2D eigenvalue weighted by Crippen LogP contribution is 2.20. The van der Waals surface area contributed by atoms with Crippen LogP contribution in [0.25, 0.3) is 10.9 Å². The second-order valence-electron chi connectivity index (χ2n) is 3.76. The van der Waals surface area contributed by atoms with Gasteiger partial charge in [0.05, 0.1) is 0 Å². The molecule has 0 atom stereocenters. The molecule has 0 aliphatic rings. The van der Waals surface area contributed by atoms with Crippen LogP contribution in [0, 0.1) is 0 Å². The Morgan fingerprint density at radius 2 is 2.19 bits per heavy atom. The first-order valence-electron chi connectivity index (χ1n) is 5.63. The van der Waals surface area contributed by atoms with Crippen LogP contribution >= 0.6 is 15.9 Å². The number of aryl methyl sites for hydroxylation is 1. The molecule has 0 fully saturated rings. The molecular weight excluding hydrogens is 266 g/mol. The van der Waals surface area contributed by atoms with Crippen molar-refractivity contribution in [3.63, 3.8) is 0 Å². The van der Waals surface area contributed by atoms with Crippen LogP contribution in [0.5, 0.6) is 0 Å². The van der Waals surface area contributed by atoms with Crippen molar-refractivity contribution in [2.24, 2.45) is 0 Å². The number of halogens is 1. The van der Waals surface area contributed by atoms with Crippen LogP contribution in [0.4, 0.5) is 0 Å². The summed E-state index contributed by atoms with van der Waals surface area (Å²) in [5.41, 5.74) is 1.29. The number of fused-ring (bicyclic) bond motifs is 1. The number of hydrogen-bond donors (Lipinski definition) is 0. The quantitative estimate of drug-likeness (QED) is 0.760. The molecule has 0 unspecified atom stereocenters. The number of ether oxygens (including phenoxy) is 1. The van der Waals surface area contributed by atoms with Crippen molar-refractivity contribution in [2.45, 2.75) is 19.9 Å². The Hall–Kier alpha value is -0.800. The van der Waals surface area contributed by atoms with Crippen molar-refractivity contribution in [3.8, 4) is 0 Å². The third-order valence-electron chi connectivity index (χ3n) is 2.62. The zero-order valence-corrected chi connectivity index (χ0v) is 11.0. The molecule has 0 N–H and O–H groups in total. The van der Waals surface area contributed by atoms with Gasteiger partial charge in [-0.25, -0.2) is 0 Å². The van der Waals surface area contributed by atoms with Crippen LogP contribution in [0.1, 0.15) is 13.3 Å². The maximum atomic E-state index is 5.34. The first-order chi connectivity index (χ1) is 7.81. The Labute approximate surface area is 104 Å². The molecule has 3 heteroatoms. The van der Waals surface area contributed by atoms with E-state index in [9.17, 15) is 0 Å². The minimum absolute atomic E-state index is 0.805. The van der Waals surface area contributed by atoms with E-state index < -0.39 is 0 Å². The molecule has 1 aromatic carbocycles. The summed E-state index contributed by atoms with van der Waals surface area (Å²) >= 11 is 3.49. The average molecular weight is 282 g/mol. The lowest BCUT2D eigenvalue weighted by Crippen LogP contribution is -2.01. The monoisotopic (exact) mass is 281 g/mol. The Morgan fingerprint density at radius 3 is 3.00 bits per heavy atom. The fourth-order valence-corrected chi connectivity index (χ4v) is 2.23. The largest absolute Gasteiger partial charge is 0.382 e. The topological polar surface area (TPSA) is 14.2 Å². The van der Waals surface area contributed by atoms with E-state index in [-0.39, 0.29) is 0 Å². The van der Waals surface area contributed by atoms with Crippen molar-refractivity contribution in [3.05, 3.63) is 34.9 Å². The van der Waals surface area contributed by atoms with Crippen LogP contribution in [0.3, 0.4) is 0 Å². The van der Waals surface area contributed by atoms with Crippen LogP contribution in [-0.4, -0.2) is 17.8 Å². The van der Waals surface area contributed by atoms with E-state index in [4.69, 9.17) is 4.74 Å². The maximum absolute atomic E-state index is 5.34. The predicted octanol–water partition coefficient (Wildman–Crippen LogP) is 3.83. The molecule has 0 saturated carbocycles. The molecule has 1 aromatic heterocycles. The van der Waals surface area contributed by atoms with E-state index in [2.05, 4.69) is 51.0 Å². The van der Waals surface area contributed by atoms with Gasteiger partial charge in [0.15, 0.2) is 0 Å². The summed E-state index contributed by atoms with van der Waals surface area (Å²) < 4.78 is 8.75. The van der Waals surface area contributed by atoms with Crippen molar-refractivity contribution < 1.29 is 4.74 Å². The summed E-state index contributed by atoms with van der Waals surface area (Å²) in [7, 11) is 0. The Kier molecular flexibility index (Phi) is 4.02. The molecule has 0 aliphatic heterocycles. The Bertz CT molecular complexity index is 464. The van der Waals surface area contributed by atoms with Crippen LogP contribution < -0.4 is 0 Å². The van der Waals surface area contributed by atoms with Crippen LogP contribution in [-0.2, 0) is 11.3 Å². The normalized spacial score (nSPS) is 11.1. The zero-order chi connectivity index (χ0) is 11.4. The van der Waals surface area contributed by atoms with Gasteiger partial charge in [-0.15, -0.1) is 0 Å². The Balaban J connectivity index is 2.07. The van der Waals surface area contributed by atoms with E-state index in [0.29, 0.717) is 0 Å². The smallest absolute Gasteiger partial charge is 0.0482 e. The molecule has 0 radical (unpaired) electrons. The van der Waals surface area contributed by atoms with Gasteiger partial charge in [0, 0.05) is 41.3 Å². The number of aromatic nitrogens is 1. The van der Waals surface area contributed by atoms with Gasteiger partial charge < -0.3 is 9.30 Å². The highest BCUT2D eigenvalue weighted by atomic mass is 79.9. The molecule has 0 aliphatic carbocycles. The molecule has 86 valence electrons. The number of benzene rings is 1. The van der Waals surface area contributed by atoms with E-state index in [1.807, 2.05) is 6.92 Å². The molecule has 16 heavy (non-hydrogen) atoms.